The highest BCUT2D eigenvalue weighted by Crippen LogP contribution is 2.29. The number of anilines is 2. The number of carbonyl (C=O) groups excluding carboxylic acids is 2. The number of carbonyl (C=O) groups is 2. The average Bonchev–Trinajstić information content (AvgIpc) is 2.80. The minimum absolute atomic E-state index is 0.00603. The molecular formula is C22H18Cl2N2O5S. The maximum atomic E-state index is 12.8. The van der Waals surface area contributed by atoms with Gasteiger partial charge in [0.25, 0.3) is 15.9 Å². The Labute approximate surface area is 195 Å². The first kappa shape index (κ1) is 23.6. The molecular weight excluding hydrogens is 475 g/mol. The highest BCUT2D eigenvalue weighted by molar-refractivity contribution is 7.92. The van der Waals surface area contributed by atoms with Gasteiger partial charge in [-0.25, -0.2) is 13.2 Å². The molecule has 0 aliphatic heterocycles. The Morgan fingerprint density at radius 3 is 2.09 bits per heavy atom. The lowest BCUT2D eigenvalue weighted by atomic mass is 10.2. The molecule has 166 valence electrons. The molecule has 3 aromatic rings. The van der Waals surface area contributed by atoms with Gasteiger partial charge in [0.05, 0.1) is 31.9 Å². The van der Waals surface area contributed by atoms with Crippen molar-refractivity contribution in [2.75, 3.05) is 23.3 Å². The SMILES string of the molecule is CN(c1ccccc1)S(=O)(=O)c1ccc(C(=O)OCC(=O)Nc2c(Cl)cccc2Cl)cc1. The van der Waals surface area contributed by atoms with Crippen LogP contribution in [0.1, 0.15) is 10.4 Å². The zero-order valence-corrected chi connectivity index (χ0v) is 19.1. The van der Waals surface area contributed by atoms with Gasteiger partial charge >= 0.3 is 5.97 Å². The molecule has 0 heterocycles. The lowest BCUT2D eigenvalue weighted by Crippen LogP contribution is -2.26. The largest absolute Gasteiger partial charge is 0.452 e. The summed E-state index contributed by atoms with van der Waals surface area (Å²) in [5.74, 6) is -1.41. The van der Waals surface area contributed by atoms with Crippen LogP contribution in [0.2, 0.25) is 10.0 Å². The van der Waals surface area contributed by atoms with E-state index in [0.717, 1.165) is 4.31 Å². The normalized spacial score (nSPS) is 11.0. The fraction of sp³-hybridized carbons (Fsp3) is 0.0909. The predicted octanol–water partition coefficient (Wildman–Crippen LogP) is 4.61. The van der Waals surface area contributed by atoms with Gasteiger partial charge in [0.1, 0.15) is 0 Å². The second-order valence-electron chi connectivity index (χ2n) is 6.55. The van der Waals surface area contributed by atoms with Gasteiger partial charge in [0.2, 0.25) is 0 Å². The standard InChI is InChI=1S/C22H18Cl2N2O5S/c1-26(16-6-3-2-4-7-16)32(29,30)17-12-10-15(11-13-17)22(28)31-14-20(27)25-21-18(23)8-5-9-19(21)24/h2-13H,14H2,1H3,(H,25,27). The first-order chi connectivity index (χ1) is 15.2. The first-order valence-corrected chi connectivity index (χ1v) is 11.4. The number of esters is 1. The van der Waals surface area contributed by atoms with Crippen LogP contribution in [-0.2, 0) is 19.6 Å². The Morgan fingerprint density at radius 1 is 0.906 bits per heavy atom. The summed E-state index contributed by atoms with van der Waals surface area (Å²) in [6.07, 6.45) is 0. The van der Waals surface area contributed by atoms with Gasteiger partial charge in [0, 0.05) is 7.05 Å². The van der Waals surface area contributed by atoms with Crippen LogP contribution in [0.5, 0.6) is 0 Å². The molecule has 7 nitrogen and oxygen atoms in total. The molecule has 32 heavy (non-hydrogen) atoms. The second kappa shape index (κ2) is 10.0. The summed E-state index contributed by atoms with van der Waals surface area (Å²) in [6.45, 7) is -0.572. The van der Waals surface area contributed by atoms with E-state index in [1.807, 2.05) is 0 Å². The number of para-hydroxylation sites is 2. The van der Waals surface area contributed by atoms with E-state index in [1.165, 1.54) is 31.3 Å². The van der Waals surface area contributed by atoms with Gasteiger partial charge in [-0.3, -0.25) is 9.10 Å². The molecule has 0 aliphatic rings. The maximum absolute atomic E-state index is 12.8. The van der Waals surface area contributed by atoms with Crippen LogP contribution in [0, 0.1) is 0 Å². The second-order valence-corrected chi connectivity index (χ2v) is 9.34. The van der Waals surface area contributed by atoms with Crippen molar-refractivity contribution in [3.05, 3.63) is 88.4 Å². The fourth-order valence-electron chi connectivity index (χ4n) is 2.70. The Hall–Kier alpha value is -3.07. The monoisotopic (exact) mass is 492 g/mol. The van der Waals surface area contributed by atoms with Crippen LogP contribution in [0.25, 0.3) is 0 Å². The average molecular weight is 493 g/mol. The van der Waals surface area contributed by atoms with Crippen molar-refractivity contribution in [3.63, 3.8) is 0 Å². The van der Waals surface area contributed by atoms with Gasteiger partial charge in [0.15, 0.2) is 6.61 Å². The molecule has 0 aromatic heterocycles. The Morgan fingerprint density at radius 2 is 1.50 bits per heavy atom. The van der Waals surface area contributed by atoms with E-state index >= 15 is 0 Å². The first-order valence-electron chi connectivity index (χ1n) is 9.25. The summed E-state index contributed by atoms with van der Waals surface area (Å²) < 4.78 is 31.7. The van der Waals surface area contributed by atoms with Crippen molar-refractivity contribution in [2.45, 2.75) is 4.90 Å². The fourth-order valence-corrected chi connectivity index (χ4v) is 4.39. The minimum atomic E-state index is -3.81. The molecule has 0 saturated carbocycles. The molecule has 3 aromatic carbocycles. The summed E-state index contributed by atoms with van der Waals surface area (Å²) in [5, 5.41) is 2.97. The Balaban J connectivity index is 1.63. The number of hydrogen-bond donors (Lipinski definition) is 1. The molecule has 1 N–H and O–H groups in total. The van der Waals surface area contributed by atoms with E-state index in [2.05, 4.69) is 5.32 Å². The molecule has 0 fully saturated rings. The maximum Gasteiger partial charge on any atom is 0.338 e. The van der Waals surface area contributed by atoms with Crippen LogP contribution >= 0.6 is 23.2 Å². The highest BCUT2D eigenvalue weighted by Gasteiger charge is 2.22. The summed E-state index contributed by atoms with van der Waals surface area (Å²) in [6, 6.07) is 18.6. The minimum Gasteiger partial charge on any atom is -0.452 e. The Kier molecular flexibility index (Phi) is 7.40. The quantitative estimate of drug-likeness (QED) is 0.485. The van der Waals surface area contributed by atoms with Crippen molar-refractivity contribution < 1.29 is 22.7 Å². The number of sulfonamides is 1. The molecule has 0 aliphatic carbocycles. The third-order valence-electron chi connectivity index (χ3n) is 4.43. The van der Waals surface area contributed by atoms with E-state index in [-0.39, 0.29) is 26.2 Å². The third-order valence-corrected chi connectivity index (χ3v) is 6.86. The van der Waals surface area contributed by atoms with Crippen molar-refractivity contribution in [1.29, 1.82) is 0 Å². The molecule has 0 spiro atoms. The van der Waals surface area contributed by atoms with Crippen molar-refractivity contribution in [1.82, 2.24) is 0 Å². The van der Waals surface area contributed by atoms with Crippen LogP contribution in [0.4, 0.5) is 11.4 Å². The Bertz CT molecular complexity index is 1210. The molecule has 1 amide bonds. The van der Waals surface area contributed by atoms with Crippen molar-refractivity contribution in [2.24, 2.45) is 0 Å². The third kappa shape index (κ3) is 5.40. The van der Waals surface area contributed by atoms with Crippen LogP contribution in [0.3, 0.4) is 0 Å². The van der Waals surface area contributed by atoms with Crippen LogP contribution in [-0.4, -0.2) is 33.9 Å². The summed E-state index contributed by atoms with van der Waals surface area (Å²) in [7, 11) is -2.37. The predicted molar refractivity (Wildman–Crippen MR) is 124 cm³/mol. The van der Waals surface area contributed by atoms with E-state index < -0.39 is 28.5 Å². The van der Waals surface area contributed by atoms with E-state index in [4.69, 9.17) is 27.9 Å². The van der Waals surface area contributed by atoms with Crippen LogP contribution in [0.15, 0.2) is 77.7 Å². The van der Waals surface area contributed by atoms with E-state index in [0.29, 0.717) is 5.69 Å². The highest BCUT2D eigenvalue weighted by atomic mass is 35.5. The molecule has 0 unspecified atom stereocenters. The zero-order valence-electron chi connectivity index (χ0n) is 16.8. The smallest absolute Gasteiger partial charge is 0.338 e. The molecule has 3 rings (SSSR count). The van der Waals surface area contributed by atoms with Crippen LogP contribution < -0.4 is 9.62 Å². The molecule has 0 atom stereocenters. The number of nitrogens with one attached hydrogen (secondary N) is 1. The number of halogens is 2. The van der Waals surface area contributed by atoms with Gasteiger partial charge in [-0.05, 0) is 48.5 Å². The van der Waals surface area contributed by atoms with Gasteiger partial charge < -0.3 is 10.1 Å². The number of ether oxygens (including phenoxy) is 1. The number of amides is 1. The summed E-state index contributed by atoms with van der Waals surface area (Å²) in [4.78, 5) is 24.3. The molecule has 10 heteroatoms. The summed E-state index contributed by atoms with van der Waals surface area (Å²) >= 11 is 12.0. The molecule has 0 bridgehead atoms. The molecule has 0 saturated heterocycles. The number of rotatable bonds is 7. The van der Waals surface area contributed by atoms with Gasteiger partial charge in [-0.15, -0.1) is 0 Å². The van der Waals surface area contributed by atoms with Crippen molar-refractivity contribution >= 4 is 56.5 Å². The van der Waals surface area contributed by atoms with Crippen molar-refractivity contribution in [3.8, 4) is 0 Å². The number of hydrogen-bond acceptors (Lipinski definition) is 5. The van der Waals surface area contributed by atoms with E-state index in [1.54, 1.807) is 48.5 Å². The molecule has 0 radical (unpaired) electrons. The summed E-state index contributed by atoms with van der Waals surface area (Å²) in [5.41, 5.74) is 0.810. The van der Waals surface area contributed by atoms with Gasteiger partial charge in [-0.1, -0.05) is 47.5 Å². The lowest BCUT2D eigenvalue weighted by Gasteiger charge is -2.19. The lowest BCUT2D eigenvalue weighted by molar-refractivity contribution is -0.119. The zero-order chi connectivity index (χ0) is 23.3. The van der Waals surface area contributed by atoms with Gasteiger partial charge in [-0.2, -0.15) is 0 Å². The van der Waals surface area contributed by atoms with E-state index in [9.17, 15) is 18.0 Å². The number of benzene rings is 3. The topological polar surface area (TPSA) is 92.8 Å². The number of nitrogens with zero attached hydrogens (tertiary/aromatic N) is 1.